The van der Waals surface area contributed by atoms with Gasteiger partial charge in [-0.1, -0.05) is 25.1 Å². The minimum atomic E-state index is 0.690. The van der Waals surface area contributed by atoms with E-state index < -0.39 is 0 Å². The van der Waals surface area contributed by atoms with Gasteiger partial charge in [0.25, 0.3) is 0 Å². The number of rotatable bonds is 7. The first-order valence-electron chi connectivity index (χ1n) is 6.08. The summed E-state index contributed by atoms with van der Waals surface area (Å²) in [6.07, 6.45) is 0.789. The summed E-state index contributed by atoms with van der Waals surface area (Å²) in [6, 6.07) is 10.2. The topological polar surface area (TPSA) is 51.0 Å². The van der Waals surface area contributed by atoms with Gasteiger partial charge in [0.15, 0.2) is 0 Å². The van der Waals surface area contributed by atoms with Crippen molar-refractivity contribution >= 4 is 11.8 Å². The largest absolute Gasteiger partial charge is 0.424 e. The Balaban J connectivity index is 1.80. The maximum atomic E-state index is 5.57. The van der Waals surface area contributed by atoms with Crippen LogP contribution in [0.5, 0.6) is 0 Å². The molecule has 0 fully saturated rings. The quantitative estimate of drug-likeness (QED) is 0.614. The maximum absolute atomic E-state index is 5.57. The Morgan fingerprint density at radius 1 is 1.17 bits per heavy atom. The lowest BCUT2D eigenvalue weighted by molar-refractivity contribution is 0.459. The molecule has 0 aliphatic heterocycles. The van der Waals surface area contributed by atoms with Gasteiger partial charge in [0.1, 0.15) is 0 Å². The van der Waals surface area contributed by atoms with Crippen molar-refractivity contribution in [2.24, 2.45) is 0 Å². The maximum Gasteiger partial charge on any atom is 0.226 e. The summed E-state index contributed by atoms with van der Waals surface area (Å²) in [6.45, 7) is 3.92. The Kier molecular flexibility index (Phi) is 5.23. The van der Waals surface area contributed by atoms with Crippen LogP contribution < -0.4 is 5.32 Å². The van der Waals surface area contributed by atoms with Crippen molar-refractivity contribution in [3.63, 3.8) is 0 Å². The van der Waals surface area contributed by atoms with Gasteiger partial charge in [0, 0.05) is 17.9 Å². The first-order chi connectivity index (χ1) is 8.88. The standard InChI is InChI=1S/C13H17N3OS/c1-2-14-9-8-12-15-16-13(17-12)10-18-11-6-4-3-5-7-11/h3-7,14H,2,8-10H2,1H3. The highest BCUT2D eigenvalue weighted by atomic mass is 32.2. The number of likely N-dealkylation sites (N-methyl/N-ethyl adjacent to an activating group) is 1. The number of nitrogens with one attached hydrogen (secondary N) is 1. The number of hydrogen-bond donors (Lipinski definition) is 1. The average molecular weight is 263 g/mol. The molecule has 2 rings (SSSR count). The molecule has 1 aromatic carbocycles. The molecule has 4 nitrogen and oxygen atoms in total. The van der Waals surface area contributed by atoms with E-state index in [2.05, 4.69) is 34.6 Å². The molecule has 0 atom stereocenters. The van der Waals surface area contributed by atoms with E-state index in [1.807, 2.05) is 18.2 Å². The lowest BCUT2D eigenvalue weighted by Crippen LogP contribution is -2.16. The van der Waals surface area contributed by atoms with Gasteiger partial charge in [-0.2, -0.15) is 0 Å². The molecule has 0 amide bonds. The minimum absolute atomic E-state index is 0.690. The van der Waals surface area contributed by atoms with Crippen LogP contribution in [0.3, 0.4) is 0 Å². The normalized spacial score (nSPS) is 10.7. The van der Waals surface area contributed by atoms with Gasteiger partial charge in [-0.25, -0.2) is 0 Å². The smallest absolute Gasteiger partial charge is 0.226 e. The molecule has 0 aliphatic rings. The van der Waals surface area contributed by atoms with E-state index in [4.69, 9.17) is 4.42 Å². The van der Waals surface area contributed by atoms with Crippen LogP contribution in [-0.2, 0) is 12.2 Å². The number of nitrogens with zero attached hydrogens (tertiary/aromatic N) is 2. The molecule has 0 saturated heterocycles. The lowest BCUT2D eigenvalue weighted by Gasteiger charge is -1.97. The van der Waals surface area contributed by atoms with Crippen LogP contribution >= 0.6 is 11.8 Å². The molecule has 1 N–H and O–H groups in total. The molecule has 0 unspecified atom stereocenters. The summed E-state index contributed by atoms with van der Waals surface area (Å²) < 4.78 is 5.57. The van der Waals surface area contributed by atoms with Gasteiger partial charge in [-0.15, -0.1) is 22.0 Å². The molecule has 18 heavy (non-hydrogen) atoms. The zero-order valence-corrected chi connectivity index (χ0v) is 11.2. The van der Waals surface area contributed by atoms with Crippen molar-refractivity contribution in [2.75, 3.05) is 13.1 Å². The Morgan fingerprint density at radius 2 is 1.94 bits per heavy atom. The lowest BCUT2D eigenvalue weighted by atomic mass is 10.4. The zero-order valence-electron chi connectivity index (χ0n) is 10.4. The third-order valence-corrected chi connectivity index (χ3v) is 3.38. The van der Waals surface area contributed by atoms with Crippen LogP contribution in [0, 0.1) is 0 Å². The van der Waals surface area contributed by atoms with Gasteiger partial charge < -0.3 is 9.73 Å². The van der Waals surface area contributed by atoms with Crippen molar-refractivity contribution in [2.45, 2.75) is 24.0 Å². The van der Waals surface area contributed by atoms with Crippen LogP contribution in [0.4, 0.5) is 0 Å². The van der Waals surface area contributed by atoms with Crippen molar-refractivity contribution in [3.8, 4) is 0 Å². The van der Waals surface area contributed by atoms with Gasteiger partial charge in [0.05, 0.1) is 5.75 Å². The number of thioether (sulfide) groups is 1. The van der Waals surface area contributed by atoms with Crippen LogP contribution in [-0.4, -0.2) is 23.3 Å². The molecule has 2 aromatic rings. The Hall–Kier alpha value is -1.33. The molecule has 5 heteroatoms. The molecule has 1 aromatic heterocycles. The zero-order chi connectivity index (χ0) is 12.6. The van der Waals surface area contributed by atoms with Gasteiger partial charge in [-0.3, -0.25) is 0 Å². The predicted octanol–water partition coefficient (Wildman–Crippen LogP) is 2.51. The number of benzene rings is 1. The molecule has 0 bridgehead atoms. The summed E-state index contributed by atoms with van der Waals surface area (Å²) >= 11 is 1.70. The second kappa shape index (κ2) is 7.18. The van der Waals surface area contributed by atoms with Gasteiger partial charge >= 0.3 is 0 Å². The molecule has 96 valence electrons. The van der Waals surface area contributed by atoms with E-state index >= 15 is 0 Å². The average Bonchev–Trinajstić information content (AvgIpc) is 2.86. The highest BCUT2D eigenvalue weighted by molar-refractivity contribution is 7.98. The molecule has 0 radical (unpaired) electrons. The molecular weight excluding hydrogens is 246 g/mol. The highest BCUT2D eigenvalue weighted by Gasteiger charge is 2.06. The highest BCUT2D eigenvalue weighted by Crippen LogP contribution is 2.21. The van der Waals surface area contributed by atoms with Crippen LogP contribution in [0.1, 0.15) is 18.7 Å². The third-order valence-electron chi connectivity index (χ3n) is 2.38. The van der Waals surface area contributed by atoms with E-state index in [0.717, 1.165) is 25.3 Å². The summed E-state index contributed by atoms with van der Waals surface area (Å²) in [5.41, 5.74) is 0. The molecule has 1 heterocycles. The fraction of sp³-hybridized carbons (Fsp3) is 0.385. The van der Waals surface area contributed by atoms with Crippen molar-refractivity contribution < 1.29 is 4.42 Å². The summed E-state index contributed by atoms with van der Waals surface area (Å²) in [5, 5.41) is 11.3. The van der Waals surface area contributed by atoms with Gasteiger partial charge in [0.2, 0.25) is 11.8 Å². The van der Waals surface area contributed by atoms with Gasteiger partial charge in [-0.05, 0) is 18.7 Å². The summed E-state index contributed by atoms with van der Waals surface area (Å²) in [4.78, 5) is 1.21. The number of hydrogen-bond acceptors (Lipinski definition) is 5. The number of aromatic nitrogens is 2. The van der Waals surface area contributed by atoms with E-state index in [1.54, 1.807) is 11.8 Å². The van der Waals surface area contributed by atoms with Crippen LogP contribution in [0.15, 0.2) is 39.6 Å². The van der Waals surface area contributed by atoms with E-state index in [-0.39, 0.29) is 0 Å². The monoisotopic (exact) mass is 263 g/mol. The molecule has 0 saturated carbocycles. The van der Waals surface area contributed by atoms with E-state index in [9.17, 15) is 0 Å². The first kappa shape index (κ1) is 13.1. The molecule has 0 spiro atoms. The third kappa shape index (κ3) is 4.16. The van der Waals surface area contributed by atoms with Crippen molar-refractivity contribution in [1.29, 1.82) is 0 Å². The fourth-order valence-corrected chi connectivity index (χ4v) is 2.24. The van der Waals surface area contributed by atoms with Crippen molar-refractivity contribution in [1.82, 2.24) is 15.5 Å². The molecular formula is C13H17N3OS. The fourth-order valence-electron chi connectivity index (χ4n) is 1.48. The first-order valence-corrected chi connectivity index (χ1v) is 7.07. The molecule has 0 aliphatic carbocycles. The second-order valence-electron chi connectivity index (χ2n) is 3.79. The Labute approximate surface area is 111 Å². The Bertz CT molecular complexity index is 458. The minimum Gasteiger partial charge on any atom is -0.424 e. The van der Waals surface area contributed by atoms with Crippen LogP contribution in [0.25, 0.3) is 0 Å². The van der Waals surface area contributed by atoms with Crippen molar-refractivity contribution in [3.05, 3.63) is 42.1 Å². The summed E-state index contributed by atoms with van der Waals surface area (Å²) in [7, 11) is 0. The van der Waals surface area contributed by atoms with Crippen LogP contribution in [0.2, 0.25) is 0 Å². The Morgan fingerprint density at radius 3 is 2.72 bits per heavy atom. The van der Waals surface area contributed by atoms with E-state index in [0.29, 0.717) is 11.8 Å². The predicted molar refractivity (Wildman–Crippen MR) is 72.5 cm³/mol. The SMILES string of the molecule is CCNCCc1nnc(CSc2ccccc2)o1. The summed E-state index contributed by atoms with van der Waals surface area (Å²) in [5.74, 6) is 2.12. The van der Waals surface area contributed by atoms with E-state index in [1.165, 1.54) is 4.90 Å². The second-order valence-corrected chi connectivity index (χ2v) is 4.84.